The number of amides is 1. The third-order valence-corrected chi connectivity index (χ3v) is 5.22. The molecule has 0 saturated carbocycles. The molecule has 0 aliphatic heterocycles. The fraction of sp³-hybridized carbons (Fsp3) is 0.579. The molecule has 2 atom stereocenters. The van der Waals surface area contributed by atoms with Gasteiger partial charge in [-0.1, -0.05) is 58.0 Å². The van der Waals surface area contributed by atoms with Crippen LogP contribution in [0.25, 0.3) is 0 Å². The van der Waals surface area contributed by atoms with Crippen LogP contribution in [0.1, 0.15) is 46.1 Å². The molecule has 8 heteroatoms. The first-order chi connectivity index (χ1) is 12.5. The number of nitrogens with one attached hydrogen (secondary N) is 2. The van der Waals surface area contributed by atoms with Gasteiger partial charge in [-0.2, -0.15) is 0 Å². The van der Waals surface area contributed by atoms with Crippen molar-refractivity contribution in [3.63, 3.8) is 0 Å². The lowest BCUT2D eigenvalue weighted by Crippen LogP contribution is -2.52. The molecule has 1 amide bonds. The molecule has 1 aromatic carbocycles. The minimum atomic E-state index is -3.76. The Morgan fingerprint density at radius 1 is 0.963 bits per heavy atom. The van der Waals surface area contributed by atoms with E-state index in [0.29, 0.717) is 5.56 Å². The van der Waals surface area contributed by atoms with E-state index in [-0.39, 0.29) is 30.4 Å². The largest absolute Gasteiger partial charge is 0.480 e. The second kappa shape index (κ2) is 10.4. The maximum absolute atomic E-state index is 12.6. The highest BCUT2D eigenvalue weighted by Crippen LogP contribution is 2.11. The van der Waals surface area contributed by atoms with Gasteiger partial charge in [0.2, 0.25) is 15.9 Å². The Hall–Kier alpha value is -1.93. The Labute approximate surface area is 161 Å². The molecule has 0 aliphatic carbocycles. The second-order valence-electron chi connectivity index (χ2n) is 7.57. The summed E-state index contributed by atoms with van der Waals surface area (Å²) >= 11 is 0. The van der Waals surface area contributed by atoms with Crippen LogP contribution >= 0.6 is 0 Å². The first-order valence-electron chi connectivity index (χ1n) is 9.07. The smallest absolute Gasteiger partial charge is 0.326 e. The van der Waals surface area contributed by atoms with Crippen molar-refractivity contribution in [2.75, 3.05) is 0 Å². The topological polar surface area (TPSA) is 113 Å². The van der Waals surface area contributed by atoms with Crippen molar-refractivity contribution in [1.29, 1.82) is 0 Å². The quantitative estimate of drug-likeness (QED) is 0.529. The molecule has 0 unspecified atom stereocenters. The highest BCUT2D eigenvalue weighted by molar-refractivity contribution is 7.88. The van der Waals surface area contributed by atoms with E-state index in [1.807, 2.05) is 27.7 Å². The molecule has 0 aromatic heterocycles. The zero-order chi connectivity index (χ0) is 20.6. The van der Waals surface area contributed by atoms with Crippen LogP contribution in [0, 0.1) is 11.8 Å². The van der Waals surface area contributed by atoms with Crippen molar-refractivity contribution in [2.24, 2.45) is 11.8 Å². The van der Waals surface area contributed by atoms with Crippen molar-refractivity contribution >= 4 is 21.9 Å². The van der Waals surface area contributed by atoms with Gasteiger partial charge in [0.25, 0.3) is 0 Å². The first-order valence-corrected chi connectivity index (χ1v) is 10.7. The summed E-state index contributed by atoms with van der Waals surface area (Å²) < 4.78 is 27.4. The molecule has 1 rings (SSSR count). The summed E-state index contributed by atoms with van der Waals surface area (Å²) in [6.45, 7) is 7.45. The van der Waals surface area contributed by atoms with E-state index < -0.39 is 34.0 Å². The number of aliphatic carboxylic acids is 1. The van der Waals surface area contributed by atoms with Crippen LogP contribution in [0.4, 0.5) is 0 Å². The van der Waals surface area contributed by atoms with Gasteiger partial charge in [-0.05, 0) is 30.2 Å². The van der Waals surface area contributed by atoms with E-state index >= 15 is 0 Å². The molecular formula is C19H30N2O5S. The molecule has 1 aromatic rings. The van der Waals surface area contributed by atoms with Crippen molar-refractivity contribution in [2.45, 2.75) is 58.4 Å². The highest BCUT2D eigenvalue weighted by atomic mass is 32.2. The molecule has 0 saturated heterocycles. The van der Waals surface area contributed by atoms with E-state index in [1.165, 1.54) is 0 Å². The maximum atomic E-state index is 12.6. The Kier molecular flexibility index (Phi) is 8.92. The molecule has 0 fully saturated rings. The van der Waals surface area contributed by atoms with Gasteiger partial charge in [0, 0.05) is 0 Å². The Morgan fingerprint density at radius 3 is 1.96 bits per heavy atom. The maximum Gasteiger partial charge on any atom is 0.326 e. The molecule has 0 spiro atoms. The minimum Gasteiger partial charge on any atom is -0.480 e. The number of carbonyl (C=O) groups excluding carboxylic acids is 1. The zero-order valence-corrected chi connectivity index (χ0v) is 17.1. The third kappa shape index (κ3) is 9.01. The normalized spacial score (nSPS) is 14.1. The van der Waals surface area contributed by atoms with Gasteiger partial charge in [-0.3, -0.25) is 4.79 Å². The van der Waals surface area contributed by atoms with Gasteiger partial charge < -0.3 is 10.4 Å². The zero-order valence-electron chi connectivity index (χ0n) is 16.3. The van der Waals surface area contributed by atoms with Gasteiger partial charge in [0.1, 0.15) is 12.1 Å². The van der Waals surface area contributed by atoms with Gasteiger partial charge in [-0.25, -0.2) is 17.9 Å². The second-order valence-corrected chi connectivity index (χ2v) is 9.33. The van der Waals surface area contributed by atoms with Crippen molar-refractivity contribution in [3.8, 4) is 0 Å². The third-order valence-electron chi connectivity index (χ3n) is 3.87. The number of carboxylic acid groups (broad SMARTS) is 1. The average Bonchev–Trinajstić information content (AvgIpc) is 2.52. The summed E-state index contributed by atoms with van der Waals surface area (Å²) in [5.74, 6) is -1.87. The summed E-state index contributed by atoms with van der Waals surface area (Å²) in [6, 6.07) is 6.59. The van der Waals surface area contributed by atoms with E-state index in [9.17, 15) is 23.1 Å². The molecule has 0 heterocycles. The molecule has 0 bridgehead atoms. The standard InChI is InChI=1S/C19H30N2O5S/c1-13(2)10-16(18(22)20-17(19(23)24)11-14(3)4)21-27(25,26)12-15-8-6-5-7-9-15/h5-9,13-14,16-17,21H,10-12H2,1-4H3,(H,20,22)(H,23,24)/t16-,17+/m1/s1. The van der Waals surface area contributed by atoms with Crippen LogP contribution in [0.15, 0.2) is 30.3 Å². The molecule has 0 aliphatic rings. The number of carbonyl (C=O) groups is 2. The Bertz CT molecular complexity index is 717. The van der Waals surface area contributed by atoms with Gasteiger partial charge >= 0.3 is 5.97 Å². The van der Waals surface area contributed by atoms with Crippen molar-refractivity contribution in [1.82, 2.24) is 10.0 Å². The van der Waals surface area contributed by atoms with E-state index in [4.69, 9.17) is 0 Å². The molecular weight excluding hydrogens is 368 g/mol. The predicted molar refractivity (Wildman–Crippen MR) is 104 cm³/mol. The van der Waals surface area contributed by atoms with Gasteiger partial charge in [0.15, 0.2) is 0 Å². The minimum absolute atomic E-state index is 0.0496. The Morgan fingerprint density at radius 2 is 1.48 bits per heavy atom. The summed E-state index contributed by atoms with van der Waals surface area (Å²) in [4.78, 5) is 24.0. The summed E-state index contributed by atoms with van der Waals surface area (Å²) in [7, 11) is -3.76. The monoisotopic (exact) mass is 398 g/mol. The molecule has 27 heavy (non-hydrogen) atoms. The lowest BCUT2D eigenvalue weighted by Gasteiger charge is -2.23. The van der Waals surface area contributed by atoms with Crippen LogP contribution in [0.3, 0.4) is 0 Å². The van der Waals surface area contributed by atoms with Crippen LogP contribution in [0.2, 0.25) is 0 Å². The number of rotatable bonds is 11. The molecule has 0 radical (unpaired) electrons. The lowest BCUT2D eigenvalue weighted by molar-refractivity contribution is -0.142. The number of sulfonamides is 1. The molecule has 7 nitrogen and oxygen atoms in total. The van der Waals surface area contributed by atoms with Gasteiger partial charge in [0.05, 0.1) is 5.75 Å². The van der Waals surface area contributed by atoms with Gasteiger partial charge in [-0.15, -0.1) is 0 Å². The summed E-state index contributed by atoms with van der Waals surface area (Å²) in [5.41, 5.74) is 0.608. The summed E-state index contributed by atoms with van der Waals surface area (Å²) in [5, 5.41) is 11.8. The van der Waals surface area contributed by atoms with Crippen LogP contribution in [0.5, 0.6) is 0 Å². The van der Waals surface area contributed by atoms with Crippen molar-refractivity contribution < 1.29 is 23.1 Å². The SMILES string of the molecule is CC(C)C[C@H](NC(=O)[C@@H](CC(C)C)NS(=O)(=O)Cc1ccccc1)C(=O)O. The first kappa shape index (κ1) is 23.1. The number of carboxylic acids is 1. The number of hydrogen-bond donors (Lipinski definition) is 3. The van der Waals surface area contributed by atoms with Crippen LogP contribution < -0.4 is 10.0 Å². The summed E-state index contributed by atoms with van der Waals surface area (Å²) in [6.07, 6.45) is 0.542. The van der Waals surface area contributed by atoms with E-state index in [0.717, 1.165) is 0 Å². The Balaban J connectivity index is 2.90. The van der Waals surface area contributed by atoms with E-state index in [2.05, 4.69) is 10.0 Å². The number of hydrogen-bond acceptors (Lipinski definition) is 4. The predicted octanol–water partition coefficient (Wildman–Crippen LogP) is 2.14. The molecule has 3 N–H and O–H groups in total. The number of benzene rings is 1. The van der Waals surface area contributed by atoms with Crippen LogP contribution in [-0.2, 0) is 25.4 Å². The van der Waals surface area contributed by atoms with Crippen molar-refractivity contribution in [3.05, 3.63) is 35.9 Å². The average molecular weight is 399 g/mol. The fourth-order valence-electron chi connectivity index (χ4n) is 2.70. The molecule has 152 valence electrons. The van der Waals surface area contributed by atoms with Crippen LogP contribution in [-0.4, -0.2) is 37.5 Å². The highest BCUT2D eigenvalue weighted by Gasteiger charge is 2.29. The van der Waals surface area contributed by atoms with E-state index in [1.54, 1.807) is 30.3 Å². The fourth-order valence-corrected chi connectivity index (χ4v) is 4.05. The lowest BCUT2D eigenvalue weighted by atomic mass is 10.0.